The molecule has 1 aliphatic rings. The lowest BCUT2D eigenvalue weighted by molar-refractivity contribution is -0.116. The molecular weight excluding hydrogens is 320 g/mol. The van der Waals surface area contributed by atoms with Crippen LogP contribution in [0.4, 0.5) is 5.69 Å². The zero-order valence-corrected chi connectivity index (χ0v) is 13.9. The standard InChI is InChI=1S/C18H18N4O3/c1-2-12-6-3-4-7-14(12)20-16(23)11-22-17(24)13(10-19)15-8-5-9-21(15)18(22)25/h3-4,6-7H,2,5,8-9,11H2,1H3,(H,20,23). The largest absolute Gasteiger partial charge is 0.331 e. The lowest BCUT2D eigenvalue weighted by Gasteiger charge is -2.12. The molecule has 7 nitrogen and oxygen atoms in total. The Bertz CT molecular complexity index is 995. The first-order chi connectivity index (χ1) is 12.1. The van der Waals surface area contributed by atoms with Crippen molar-refractivity contribution < 1.29 is 4.79 Å². The number of nitrogens with one attached hydrogen (secondary N) is 1. The van der Waals surface area contributed by atoms with E-state index in [1.54, 1.807) is 12.1 Å². The van der Waals surface area contributed by atoms with Crippen molar-refractivity contribution in [1.82, 2.24) is 9.13 Å². The number of carbonyl (C=O) groups is 1. The van der Waals surface area contributed by atoms with Gasteiger partial charge in [-0.1, -0.05) is 25.1 Å². The Kier molecular flexibility index (Phi) is 4.52. The van der Waals surface area contributed by atoms with Gasteiger partial charge in [-0.2, -0.15) is 5.26 Å². The number of aromatic nitrogens is 2. The number of para-hydroxylation sites is 1. The molecular formula is C18H18N4O3. The van der Waals surface area contributed by atoms with Crippen LogP contribution in [0.5, 0.6) is 0 Å². The first-order valence-corrected chi connectivity index (χ1v) is 8.21. The normalized spacial score (nSPS) is 12.5. The van der Waals surface area contributed by atoms with E-state index in [1.165, 1.54) is 4.57 Å². The molecule has 0 unspecified atom stereocenters. The van der Waals surface area contributed by atoms with Crippen LogP contribution in [0.3, 0.4) is 0 Å². The van der Waals surface area contributed by atoms with Crippen LogP contribution in [0.2, 0.25) is 0 Å². The molecule has 0 saturated carbocycles. The maximum atomic E-state index is 12.5. The second-order valence-electron chi connectivity index (χ2n) is 5.92. The first kappa shape index (κ1) is 16.7. The van der Waals surface area contributed by atoms with Gasteiger partial charge in [0.15, 0.2) is 0 Å². The van der Waals surface area contributed by atoms with Crippen LogP contribution in [0, 0.1) is 11.3 Å². The molecule has 7 heteroatoms. The van der Waals surface area contributed by atoms with E-state index in [9.17, 15) is 19.6 Å². The summed E-state index contributed by atoms with van der Waals surface area (Å²) in [5.41, 5.74) is 0.829. The number of hydrogen-bond acceptors (Lipinski definition) is 4. The van der Waals surface area contributed by atoms with Gasteiger partial charge in [0.05, 0.1) is 0 Å². The third-order valence-electron chi connectivity index (χ3n) is 4.42. The van der Waals surface area contributed by atoms with E-state index in [2.05, 4.69) is 5.32 Å². The van der Waals surface area contributed by atoms with E-state index in [-0.39, 0.29) is 5.56 Å². The third kappa shape index (κ3) is 2.98. The molecule has 0 aliphatic carbocycles. The Morgan fingerprint density at radius 3 is 2.80 bits per heavy atom. The molecule has 1 aromatic heterocycles. The Labute approximate surface area is 144 Å². The Morgan fingerprint density at radius 2 is 2.08 bits per heavy atom. The summed E-state index contributed by atoms with van der Waals surface area (Å²) in [5.74, 6) is -0.470. The Hall–Kier alpha value is -3.14. The quantitative estimate of drug-likeness (QED) is 0.900. The summed E-state index contributed by atoms with van der Waals surface area (Å²) < 4.78 is 2.27. The predicted octanol–water partition coefficient (Wildman–Crippen LogP) is 1.03. The SMILES string of the molecule is CCc1ccccc1NC(=O)Cn1c(=O)c(C#N)c2n(c1=O)CCC2. The minimum absolute atomic E-state index is 0.0427. The molecule has 2 heterocycles. The van der Waals surface area contributed by atoms with Gasteiger partial charge < -0.3 is 5.32 Å². The van der Waals surface area contributed by atoms with Crippen molar-refractivity contribution in [3.05, 3.63) is 61.9 Å². The summed E-state index contributed by atoms with van der Waals surface area (Å²) in [4.78, 5) is 37.3. The number of hydrogen-bond donors (Lipinski definition) is 1. The van der Waals surface area contributed by atoms with E-state index in [1.807, 2.05) is 25.1 Å². The van der Waals surface area contributed by atoms with Crippen molar-refractivity contribution in [2.24, 2.45) is 0 Å². The fraction of sp³-hybridized carbons (Fsp3) is 0.333. The summed E-state index contributed by atoms with van der Waals surface area (Å²) >= 11 is 0. The lowest BCUT2D eigenvalue weighted by Crippen LogP contribution is -2.44. The summed E-state index contributed by atoms with van der Waals surface area (Å²) in [7, 11) is 0. The summed E-state index contributed by atoms with van der Waals surface area (Å²) in [6.45, 7) is 2.02. The highest BCUT2D eigenvalue weighted by molar-refractivity contribution is 5.91. The molecule has 0 radical (unpaired) electrons. The van der Waals surface area contributed by atoms with Crippen LogP contribution >= 0.6 is 0 Å². The Morgan fingerprint density at radius 1 is 1.32 bits per heavy atom. The number of carbonyl (C=O) groups excluding carboxylic acids is 1. The van der Waals surface area contributed by atoms with Gasteiger partial charge in [-0.3, -0.25) is 14.2 Å². The van der Waals surface area contributed by atoms with E-state index >= 15 is 0 Å². The molecule has 2 aromatic rings. The van der Waals surface area contributed by atoms with Gasteiger partial charge in [0.25, 0.3) is 5.56 Å². The number of nitrogens with zero attached hydrogens (tertiary/aromatic N) is 3. The van der Waals surface area contributed by atoms with Gasteiger partial charge in [-0.15, -0.1) is 0 Å². The summed E-state index contributed by atoms with van der Waals surface area (Å²) in [6.07, 6.45) is 1.99. The topological polar surface area (TPSA) is 96.9 Å². The molecule has 1 amide bonds. The van der Waals surface area contributed by atoms with Crippen molar-refractivity contribution in [3.8, 4) is 6.07 Å². The van der Waals surface area contributed by atoms with Crippen LogP contribution in [0.1, 0.15) is 30.2 Å². The molecule has 0 bridgehead atoms. The first-order valence-electron chi connectivity index (χ1n) is 8.21. The maximum absolute atomic E-state index is 12.5. The van der Waals surface area contributed by atoms with E-state index in [4.69, 9.17) is 0 Å². The Balaban J connectivity index is 1.94. The van der Waals surface area contributed by atoms with Crippen LogP contribution in [-0.4, -0.2) is 15.0 Å². The zero-order chi connectivity index (χ0) is 18.0. The summed E-state index contributed by atoms with van der Waals surface area (Å²) in [5, 5.41) is 12.0. The molecule has 3 rings (SSSR count). The van der Waals surface area contributed by atoms with Gasteiger partial charge in [0.1, 0.15) is 18.2 Å². The third-order valence-corrected chi connectivity index (χ3v) is 4.42. The van der Waals surface area contributed by atoms with Crippen LogP contribution in [-0.2, 0) is 30.7 Å². The number of amides is 1. The van der Waals surface area contributed by atoms with Gasteiger partial charge >= 0.3 is 5.69 Å². The van der Waals surface area contributed by atoms with Crippen molar-refractivity contribution in [3.63, 3.8) is 0 Å². The van der Waals surface area contributed by atoms with Gasteiger partial charge in [0, 0.05) is 17.9 Å². The van der Waals surface area contributed by atoms with Crippen LogP contribution in [0.25, 0.3) is 0 Å². The van der Waals surface area contributed by atoms with Crippen molar-refractivity contribution in [2.75, 3.05) is 5.32 Å². The average molecular weight is 338 g/mol. The van der Waals surface area contributed by atoms with Crippen LogP contribution in [0.15, 0.2) is 33.9 Å². The average Bonchev–Trinajstić information content (AvgIpc) is 3.09. The number of fused-ring (bicyclic) bond motifs is 1. The minimum Gasteiger partial charge on any atom is -0.324 e. The maximum Gasteiger partial charge on any atom is 0.331 e. The monoisotopic (exact) mass is 338 g/mol. The molecule has 0 fully saturated rings. The lowest BCUT2D eigenvalue weighted by atomic mass is 10.1. The predicted molar refractivity (Wildman–Crippen MR) is 92.4 cm³/mol. The fourth-order valence-corrected chi connectivity index (χ4v) is 3.17. The molecule has 0 atom stereocenters. The number of benzene rings is 1. The molecule has 128 valence electrons. The molecule has 1 N–H and O–H groups in total. The van der Waals surface area contributed by atoms with Gasteiger partial charge in [-0.25, -0.2) is 9.36 Å². The minimum atomic E-state index is -0.695. The number of aryl methyl sites for hydroxylation is 1. The number of anilines is 1. The molecule has 0 saturated heterocycles. The van der Waals surface area contributed by atoms with Gasteiger partial charge in [-0.05, 0) is 30.9 Å². The second kappa shape index (κ2) is 6.77. The second-order valence-corrected chi connectivity index (χ2v) is 5.92. The summed E-state index contributed by atoms with van der Waals surface area (Å²) in [6, 6.07) is 9.24. The van der Waals surface area contributed by atoms with E-state index in [0.29, 0.717) is 30.8 Å². The van der Waals surface area contributed by atoms with Crippen molar-refractivity contribution >= 4 is 11.6 Å². The zero-order valence-electron chi connectivity index (χ0n) is 13.9. The molecule has 1 aromatic carbocycles. The van der Waals surface area contributed by atoms with Crippen molar-refractivity contribution in [2.45, 2.75) is 39.3 Å². The highest BCUT2D eigenvalue weighted by Crippen LogP contribution is 2.16. The molecule has 25 heavy (non-hydrogen) atoms. The number of nitriles is 1. The highest BCUT2D eigenvalue weighted by atomic mass is 16.2. The fourth-order valence-electron chi connectivity index (χ4n) is 3.17. The highest BCUT2D eigenvalue weighted by Gasteiger charge is 2.23. The molecule has 0 spiro atoms. The van der Waals surface area contributed by atoms with Crippen molar-refractivity contribution in [1.29, 1.82) is 5.26 Å². The van der Waals surface area contributed by atoms with Gasteiger partial charge in [0.2, 0.25) is 5.91 Å². The van der Waals surface area contributed by atoms with Crippen LogP contribution < -0.4 is 16.6 Å². The smallest absolute Gasteiger partial charge is 0.324 e. The molecule has 1 aliphatic heterocycles. The van der Waals surface area contributed by atoms with E-state index in [0.717, 1.165) is 16.6 Å². The van der Waals surface area contributed by atoms with E-state index < -0.39 is 23.7 Å². The number of rotatable bonds is 4.